The van der Waals surface area contributed by atoms with E-state index in [2.05, 4.69) is 21.6 Å². The van der Waals surface area contributed by atoms with Crippen molar-refractivity contribution in [3.8, 4) is 0 Å². The van der Waals surface area contributed by atoms with Gasteiger partial charge in [-0.1, -0.05) is 18.5 Å². The zero-order chi connectivity index (χ0) is 10.9. The molecule has 0 amide bonds. The number of ether oxygens (including phenoxy) is 1. The minimum atomic E-state index is -0.514. The molecule has 1 aromatic heterocycles. The van der Waals surface area contributed by atoms with Crippen LogP contribution in [0.1, 0.15) is 38.4 Å². The van der Waals surface area contributed by atoms with Crippen LogP contribution in [0.4, 0.5) is 0 Å². The van der Waals surface area contributed by atoms with Crippen LogP contribution in [0.15, 0.2) is 9.32 Å². The van der Waals surface area contributed by atoms with Gasteiger partial charge >= 0.3 is 5.76 Å². The Bertz CT molecular complexity index is 384. The van der Waals surface area contributed by atoms with Gasteiger partial charge in [-0.05, 0) is 25.2 Å². The fourth-order valence-corrected chi connectivity index (χ4v) is 2.43. The largest absolute Gasteiger partial charge is 0.439 e. The molecule has 1 saturated carbocycles. The van der Waals surface area contributed by atoms with Gasteiger partial charge in [0.2, 0.25) is 0 Å². The molecule has 0 aromatic carbocycles. The SMILES string of the molecule is COC1(c2noc(=O)[nH]2)CCCC(C)C1. The van der Waals surface area contributed by atoms with Crippen LogP contribution in [0.3, 0.4) is 0 Å². The lowest BCUT2D eigenvalue weighted by Gasteiger charge is -2.36. The van der Waals surface area contributed by atoms with Gasteiger partial charge in [-0.2, -0.15) is 0 Å². The topological polar surface area (TPSA) is 68.1 Å². The molecule has 15 heavy (non-hydrogen) atoms. The molecule has 1 N–H and O–H groups in total. The van der Waals surface area contributed by atoms with E-state index in [9.17, 15) is 4.79 Å². The number of H-pyrrole nitrogens is 1. The van der Waals surface area contributed by atoms with Crippen LogP contribution < -0.4 is 5.76 Å². The molecule has 2 rings (SSSR count). The highest BCUT2D eigenvalue weighted by atomic mass is 16.5. The molecule has 84 valence electrons. The van der Waals surface area contributed by atoms with Gasteiger partial charge in [0.15, 0.2) is 5.82 Å². The van der Waals surface area contributed by atoms with Crippen molar-refractivity contribution in [2.24, 2.45) is 5.92 Å². The van der Waals surface area contributed by atoms with Crippen molar-refractivity contribution in [2.75, 3.05) is 7.11 Å². The summed E-state index contributed by atoms with van der Waals surface area (Å²) < 4.78 is 10.1. The third-order valence-electron chi connectivity index (χ3n) is 3.22. The highest BCUT2D eigenvalue weighted by molar-refractivity contribution is 5.02. The summed E-state index contributed by atoms with van der Waals surface area (Å²) >= 11 is 0. The average Bonchev–Trinajstić information content (AvgIpc) is 2.65. The Kier molecular flexibility index (Phi) is 2.65. The van der Waals surface area contributed by atoms with Crippen LogP contribution in [0.25, 0.3) is 0 Å². The monoisotopic (exact) mass is 212 g/mol. The van der Waals surface area contributed by atoms with Crippen LogP contribution in [0.2, 0.25) is 0 Å². The molecule has 1 fully saturated rings. The standard InChI is InChI=1S/C10H16N2O3/c1-7-4-3-5-10(6-7,14-2)8-11-9(13)15-12-8/h7H,3-6H2,1-2H3,(H,11,12,13). The smallest absolute Gasteiger partial charge is 0.370 e. The summed E-state index contributed by atoms with van der Waals surface area (Å²) in [6, 6.07) is 0. The lowest BCUT2D eigenvalue weighted by atomic mass is 9.78. The molecule has 1 aromatic rings. The van der Waals surface area contributed by atoms with Crippen LogP contribution in [0, 0.1) is 5.92 Å². The number of nitrogens with one attached hydrogen (secondary N) is 1. The minimum absolute atomic E-state index is 0.455. The molecule has 0 spiro atoms. The number of hydrogen-bond acceptors (Lipinski definition) is 4. The van der Waals surface area contributed by atoms with E-state index < -0.39 is 11.4 Å². The van der Waals surface area contributed by atoms with Crippen molar-refractivity contribution in [1.29, 1.82) is 0 Å². The minimum Gasteiger partial charge on any atom is -0.370 e. The number of nitrogens with zero attached hydrogens (tertiary/aromatic N) is 1. The van der Waals surface area contributed by atoms with E-state index >= 15 is 0 Å². The van der Waals surface area contributed by atoms with E-state index in [1.807, 2.05) is 0 Å². The fraction of sp³-hybridized carbons (Fsp3) is 0.800. The van der Waals surface area contributed by atoms with Crippen molar-refractivity contribution >= 4 is 0 Å². The number of methoxy groups -OCH3 is 1. The van der Waals surface area contributed by atoms with E-state index in [1.165, 1.54) is 6.42 Å². The predicted molar refractivity (Wildman–Crippen MR) is 53.4 cm³/mol. The zero-order valence-electron chi connectivity index (χ0n) is 9.08. The number of rotatable bonds is 2. The van der Waals surface area contributed by atoms with Gasteiger partial charge in [0.05, 0.1) is 0 Å². The first kappa shape index (κ1) is 10.4. The van der Waals surface area contributed by atoms with Crippen LogP contribution in [-0.4, -0.2) is 17.3 Å². The van der Waals surface area contributed by atoms with Gasteiger partial charge in [-0.15, -0.1) is 0 Å². The van der Waals surface area contributed by atoms with Gasteiger partial charge in [-0.25, -0.2) is 4.79 Å². The van der Waals surface area contributed by atoms with Gasteiger partial charge in [-0.3, -0.25) is 9.51 Å². The third kappa shape index (κ3) is 1.84. The maximum atomic E-state index is 10.9. The molecular formula is C10H16N2O3. The fourth-order valence-electron chi connectivity index (χ4n) is 2.43. The molecule has 5 nitrogen and oxygen atoms in total. The Labute approximate surface area is 87.8 Å². The van der Waals surface area contributed by atoms with Crippen molar-refractivity contribution in [3.05, 3.63) is 16.4 Å². The predicted octanol–water partition coefficient (Wildman–Crippen LogP) is 1.41. The van der Waals surface area contributed by atoms with Gasteiger partial charge in [0.25, 0.3) is 0 Å². The van der Waals surface area contributed by atoms with Gasteiger partial charge in [0, 0.05) is 7.11 Å². The highest BCUT2D eigenvalue weighted by Crippen LogP contribution is 2.40. The van der Waals surface area contributed by atoms with E-state index in [1.54, 1.807) is 7.11 Å². The third-order valence-corrected chi connectivity index (χ3v) is 3.22. The zero-order valence-corrected chi connectivity index (χ0v) is 9.08. The quantitative estimate of drug-likeness (QED) is 0.804. The van der Waals surface area contributed by atoms with E-state index in [0.29, 0.717) is 11.7 Å². The maximum absolute atomic E-state index is 10.9. The molecule has 0 radical (unpaired) electrons. The summed E-state index contributed by atoms with van der Waals surface area (Å²) in [7, 11) is 1.66. The summed E-state index contributed by atoms with van der Waals surface area (Å²) in [5.74, 6) is 0.597. The van der Waals surface area contributed by atoms with Crippen LogP contribution in [0.5, 0.6) is 0 Å². The second-order valence-corrected chi connectivity index (χ2v) is 4.34. The molecule has 0 bridgehead atoms. The summed E-state index contributed by atoms with van der Waals surface area (Å²) in [5.41, 5.74) is -0.455. The second kappa shape index (κ2) is 3.81. The summed E-state index contributed by atoms with van der Waals surface area (Å²) in [6.07, 6.45) is 4.05. The number of aromatic nitrogens is 2. The highest BCUT2D eigenvalue weighted by Gasteiger charge is 2.40. The van der Waals surface area contributed by atoms with Gasteiger partial charge < -0.3 is 4.74 Å². The van der Waals surface area contributed by atoms with Crippen molar-refractivity contribution in [2.45, 2.75) is 38.2 Å². The van der Waals surface area contributed by atoms with Gasteiger partial charge in [0.1, 0.15) is 5.60 Å². The Morgan fingerprint density at radius 1 is 1.67 bits per heavy atom. The van der Waals surface area contributed by atoms with Crippen molar-refractivity contribution < 1.29 is 9.26 Å². The van der Waals surface area contributed by atoms with Crippen LogP contribution in [-0.2, 0) is 10.3 Å². The Hall–Kier alpha value is -1.10. The van der Waals surface area contributed by atoms with E-state index in [-0.39, 0.29) is 0 Å². The Morgan fingerprint density at radius 2 is 2.47 bits per heavy atom. The lowest BCUT2D eigenvalue weighted by molar-refractivity contribution is -0.0658. The van der Waals surface area contributed by atoms with Crippen molar-refractivity contribution in [3.63, 3.8) is 0 Å². The molecule has 0 saturated heterocycles. The summed E-state index contributed by atoms with van der Waals surface area (Å²) in [6.45, 7) is 2.19. The molecule has 0 aliphatic heterocycles. The molecule has 1 aliphatic rings. The molecule has 1 heterocycles. The number of aromatic amines is 1. The molecule has 5 heteroatoms. The molecular weight excluding hydrogens is 196 g/mol. The summed E-state index contributed by atoms with van der Waals surface area (Å²) in [4.78, 5) is 13.5. The Morgan fingerprint density at radius 3 is 3.00 bits per heavy atom. The molecule has 2 atom stereocenters. The first-order chi connectivity index (χ1) is 7.16. The van der Waals surface area contributed by atoms with E-state index in [4.69, 9.17) is 4.74 Å². The van der Waals surface area contributed by atoms with Crippen molar-refractivity contribution in [1.82, 2.24) is 10.1 Å². The first-order valence-electron chi connectivity index (χ1n) is 5.28. The number of hydrogen-bond donors (Lipinski definition) is 1. The van der Waals surface area contributed by atoms with E-state index in [0.717, 1.165) is 19.3 Å². The second-order valence-electron chi connectivity index (χ2n) is 4.34. The maximum Gasteiger partial charge on any atom is 0.439 e. The lowest BCUT2D eigenvalue weighted by Crippen LogP contribution is -2.35. The first-order valence-corrected chi connectivity index (χ1v) is 5.28. The Balaban J connectivity index is 2.31. The summed E-state index contributed by atoms with van der Waals surface area (Å²) in [5, 5.41) is 3.75. The molecule has 2 unspecified atom stereocenters. The molecule has 1 aliphatic carbocycles. The van der Waals surface area contributed by atoms with Crippen LogP contribution >= 0.6 is 0 Å². The normalized spacial score (nSPS) is 31.7. The average molecular weight is 212 g/mol.